The predicted molar refractivity (Wildman–Crippen MR) is 52.6 cm³/mol. The van der Waals surface area contributed by atoms with Gasteiger partial charge < -0.3 is 14.7 Å². The van der Waals surface area contributed by atoms with Crippen LogP contribution in [0.2, 0.25) is 0 Å². The summed E-state index contributed by atoms with van der Waals surface area (Å²) >= 11 is 0. The summed E-state index contributed by atoms with van der Waals surface area (Å²) in [6.07, 6.45) is 4.60. The summed E-state index contributed by atoms with van der Waals surface area (Å²) in [5.41, 5.74) is -0.546. The van der Waals surface area contributed by atoms with Crippen molar-refractivity contribution < 1.29 is 14.6 Å². The molecule has 0 radical (unpaired) electrons. The van der Waals surface area contributed by atoms with Crippen LogP contribution in [-0.4, -0.2) is 41.8 Å². The molecule has 0 aromatic carbocycles. The lowest BCUT2D eigenvalue weighted by molar-refractivity contribution is -0.134. The minimum absolute atomic E-state index is 0.345. The number of likely N-dealkylation sites (tertiary alicyclic amines) is 1. The Labute approximate surface area is 84.2 Å². The summed E-state index contributed by atoms with van der Waals surface area (Å²) in [5.74, 6) is -0.345. The SMILES string of the molecule is COC(=O)/C=C/N1CCC(C)(O)CC1. The molecule has 1 aliphatic heterocycles. The molecule has 4 nitrogen and oxygen atoms in total. The van der Waals surface area contributed by atoms with Gasteiger partial charge in [-0.3, -0.25) is 0 Å². The fourth-order valence-electron chi connectivity index (χ4n) is 1.39. The monoisotopic (exact) mass is 199 g/mol. The van der Waals surface area contributed by atoms with Gasteiger partial charge in [0.1, 0.15) is 0 Å². The van der Waals surface area contributed by atoms with E-state index >= 15 is 0 Å². The number of esters is 1. The second kappa shape index (κ2) is 4.46. The van der Waals surface area contributed by atoms with Crippen molar-refractivity contribution in [2.24, 2.45) is 0 Å². The Bertz CT molecular complexity index is 226. The lowest BCUT2D eigenvalue weighted by atomic mass is 9.94. The minimum atomic E-state index is -0.546. The first-order valence-corrected chi connectivity index (χ1v) is 4.76. The maximum atomic E-state index is 10.8. The number of hydrogen-bond acceptors (Lipinski definition) is 4. The van der Waals surface area contributed by atoms with Gasteiger partial charge in [0.2, 0.25) is 0 Å². The van der Waals surface area contributed by atoms with Crippen LogP contribution in [0.1, 0.15) is 19.8 Å². The highest BCUT2D eigenvalue weighted by atomic mass is 16.5. The lowest BCUT2D eigenvalue weighted by Gasteiger charge is -2.35. The number of methoxy groups -OCH3 is 1. The molecule has 0 saturated carbocycles. The lowest BCUT2D eigenvalue weighted by Crippen LogP contribution is -2.40. The van der Waals surface area contributed by atoms with Gasteiger partial charge in [-0.1, -0.05) is 0 Å². The molecule has 0 aromatic rings. The quantitative estimate of drug-likeness (QED) is 0.520. The highest BCUT2D eigenvalue weighted by molar-refractivity contribution is 5.81. The van der Waals surface area contributed by atoms with Crippen LogP contribution in [0.15, 0.2) is 12.3 Å². The smallest absolute Gasteiger partial charge is 0.331 e. The van der Waals surface area contributed by atoms with Gasteiger partial charge in [0.25, 0.3) is 0 Å². The average Bonchev–Trinajstić information content (AvgIpc) is 2.16. The Morgan fingerprint density at radius 3 is 2.57 bits per heavy atom. The maximum Gasteiger partial charge on any atom is 0.331 e. The summed E-state index contributed by atoms with van der Waals surface area (Å²) in [5, 5.41) is 9.67. The summed E-state index contributed by atoms with van der Waals surface area (Å²) < 4.78 is 4.48. The van der Waals surface area contributed by atoms with Crippen LogP contribution in [0.4, 0.5) is 0 Å². The van der Waals surface area contributed by atoms with Crippen molar-refractivity contribution in [3.63, 3.8) is 0 Å². The van der Waals surface area contributed by atoms with Crippen molar-refractivity contribution >= 4 is 5.97 Å². The molecule has 0 unspecified atom stereocenters. The van der Waals surface area contributed by atoms with Gasteiger partial charge in [0, 0.05) is 25.4 Å². The Kier molecular flexibility index (Phi) is 3.52. The Morgan fingerprint density at radius 1 is 1.50 bits per heavy atom. The van der Waals surface area contributed by atoms with Gasteiger partial charge in [-0.2, -0.15) is 0 Å². The van der Waals surface area contributed by atoms with Crippen molar-refractivity contribution in [3.05, 3.63) is 12.3 Å². The number of nitrogens with zero attached hydrogens (tertiary/aromatic N) is 1. The average molecular weight is 199 g/mol. The Balaban J connectivity index is 2.36. The molecule has 1 rings (SSSR count). The first-order chi connectivity index (χ1) is 6.53. The van der Waals surface area contributed by atoms with Crippen LogP contribution in [0.3, 0.4) is 0 Å². The van der Waals surface area contributed by atoms with Crippen molar-refractivity contribution in [1.82, 2.24) is 4.90 Å². The van der Waals surface area contributed by atoms with E-state index in [-0.39, 0.29) is 5.97 Å². The Morgan fingerprint density at radius 2 is 2.07 bits per heavy atom. The summed E-state index contributed by atoms with van der Waals surface area (Å²) in [4.78, 5) is 12.8. The van der Waals surface area contributed by atoms with E-state index in [1.807, 2.05) is 11.8 Å². The zero-order valence-electron chi connectivity index (χ0n) is 8.69. The van der Waals surface area contributed by atoms with Crippen LogP contribution >= 0.6 is 0 Å². The largest absolute Gasteiger partial charge is 0.466 e. The van der Waals surface area contributed by atoms with Crippen LogP contribution in [0, 0.1) is 0 Å². The minimum Gasteiger partial charge on any atom is -0.466 e. The van der Waals surface area contributed by atoms with Crippen LogP contribution in [-0.2, 0) is 9.53 Å². The second-order valence-corrected chi connectivity index (χ2v) is 3.87. The van der Waals surface area contributed by atoms with E-state index in [0.717, 1.165) is 25.9 Å². The second-order valence-electron chi connectivity index (χ2n) is 3.87. The molecule has 0 aliphatic carbocycles. The highest BCUT2D eigenvalue weighted by Gasteiger charge is 2.25. The van der Waals surface area contributed by atoms with Crippen molar-refractivity contribution in [2.75, 3.05) is 20.2 Å². The Hall–Kier alpha value is -1.03. The molecule has 80 valence electrons. The van der Waals surface area contributed by atoms with Gasteiger partial charge in [0.15, 0.2) is 0 Å². The molecule has 14 heavy (non-hydrogen) atoms. The van der Waals surface area contributed by atoms with Gasteiger partial charge in [-0.05, 0) is 19.8 Å². The third kappa shape index (κ3) is 3.38. The summed E-state index contributed by atoms with van der Waals surface area (Å²) in [6, 6.07) is 0. The topological polar surface area (TPSA) is 49.8 Å². The van der Waals surface area contributed by atoms with Gasteiger partial charge in [0.05, 0.1) is 12.7 Å². The maximum absolute atomic E-state index is 10.8. The summed E-state index contributed by atoms with van der Waals surface area (Å²) in [7, 11) is 1.35. The van der Waals surface area contributed by atoms with E-state index in [1.165, 1.54) is 13.2 Å². The standard InChI is InChI=1S/C10H17NO3/c1-10(13)4-7-11(8-5-10)6-3-9(12)14-2/h3,6,13H,4-5,7-8H2,1-2H3/b6-3+. The molecule has 1 fully saturated rings. The number of carbonyl (C=O) groups excluding carboxylic acids is 1. The van der Waals surface area contributed by atoms with Crippen molar-refractivity contribution in [2.45, 2.75) is 25.4 Å². The number of piperidine rings is 1. The molecule has 0 aromatic heterocycles. The molecule has 1 N–H and O–H groups in total. The number of aliphatic hydroxyl groups is 1. The molecular formula is C10H17NO3. The molecule has 1 saturated heterocycles. The van der Waals surface area contributed by atoms with Crippen LogP contribution in [0.5, 0.6) is 0 Å². The van der Waals surface area contributed by atoms with Gasteiger partial charge >= 0.3 is 5.97 Å². The van der Waals surface area contributed by atoms with E-state index in [0.29, 0.717) is 0 Å². The van der Waals surface area contributed by atoms with E-state index in [9.17, 15) is 9.90 Å². The van der Waals surface area contributed by atoms with E-state index in [2.05, 4.69) is 4.74 Å². The number of hydrogen-bond donors (Lipinski definition) is 1. The molecule has 0 spiro atoms. The first kappa shape index (κ1) is 11.0. The zero-order valence-corrected chi connectivity index (χ0v) is 8.69. The van der Waals surface area contributed by atoms with Crippen LogP contribution in [0.25, 0.3) is 0 Å². The van der Waals surface area contributed by atoms with E-state index in [1.54, 1.807) is 6.20 Å². The third-order valence-electron chi connectivity index (χ3n) is 2.50. The van der Waals surface area contributed by atoms with Crippen LogP contribution < -0.4 is 0 Å². The fourth-order valence-corrected chi connectivity index (χ4v) is 1.39. The summed E-state index contributed by atoms with van der Waals surface area (Å²) in [6.45, 7) is 3.40. The molecular weight excluding hydrogens is 182 g/mol. The number of carbonyl (C=O) groups is 1. The zero-order chi connectivity index (χ0) is 10.6. The molecule has 1 aliphatic rings. The molecule has 0 amide bonds. The third-order valence-corrected chi connectivity index (χ3v) is 2.50. The molecule has 4 heteroatoms. The normalized spacial score (nSPS) is 21.2. The molecule has 1 heterocycles. The van der Waals surface area contributed by atoms with Gasteiger partial charge in [-0.15, -0.1) is 0 Å². The molecule has 0 bridgehead atoms. The first-order valence-electron chi connectivity index (χ1n) is 4.76. The predicted octanol–water partition coefficient (Wildman–Crippen LogP) is 0.520. The van der Waals surface area contributed by atoms with E-state index < -0.39 is 5.60 Å². The molecule has 0 atom stereocenters. The van der Waals surface area contributed by atoms with Crippen molar-refractivity contribution in [3.8, 4) is 0 Å². The number of rotatable bonds is 2. The van der Waals surface area contributed by atoms with Crippen molar-refractivity contribution in [1.29, 1.82) is 0 Å². The highest BCUT2D eigenvalue weighted by Crippen LogP contribution is 2.20. The number of ether oxygens (including phenoxy) is 1. The fraction of sp³-hybridized carbons (Fsp3) is 0.700. The van der Waals surface area contributed by atoms with Gasteiger partial charge in [-0.25, -0.2) is 4.79 Å². The van der Waals surface area contributed by atoms with E-state index in [4.69, 9.17) is 0 Å².